The highest BCUT2D eigenvalue weighted by molar-refractivity contribution is 5.53. The molecular weight excluding hydrogens is 178 g/mol. The third-order valence-electron chi connectivity index (χ3n) is 1.71. The summed E-state index contributed by atoms with van der Waals surface area (Å²) < 4.78 is 5.37. The van der Waals surface area contributed by atoms with Crippen molar-refractivity contribution in [3.8, 4) is 0 Å². The number of aromatic nitrogens is 2. The molecule has 1 heterocycles. The van der Waals surface area contributed by atoms with E-state index in [-0.39, 0.29) is 0 Å². The molecule has 0 unspecified atom stereocenters. The van der Waals surface area contributed by atoms with Gasteiger partial charge < -0.3 is 10.5 Å². The molecular formula is C10H15N3O. The molecule has 0 fully saturated rings. The van der Waals surface area contributed by atoms with Gasteiger partial charge in [0.25, 0.3) is 0 Å². The second-order valence-electron chi connectivity index (χ2n) is 2.95. The van der Waals surface area contributed by atoms with E-state index in [2.05, 4.69) is 23.5 Å². The summed E-state index contributed by atoms with van der Waals surface area (Å²) in [6, 6.07) is 0. The smallest absolute Gasteiger partial charge is 0.142 e. The minimum atomic E-state index is 0.378. The lowest BCUT2D eigenvalue weighted by Gasteiger charge is -2.07. The first-order valence-electron chi connectivity index (χ1n) is 4.63. The Morgan fingerprint density at radius 2 is 2.36 bits per heavy atom. The third-order valence-corrected chi connectivity index (χ3v) is 1.71. The van der Waals surface area contributed by atoms with Gasteiger partial charge in [0.1, 0.15) is 17.3 Å². The normalized spacial score (nSPS) is 9.79. The number of anilines is 1. The number of ether oxygens (including phenoxy) is 1. The van der Waals surface area contributed by atoms with Crippen molar-refractivity contribution in [2.75, 3.05) is 12.3 Å². The van der Waals surface area contributed by atoms with E-state index in [1.165, 1.54) is 6.20 Å². The Labute approximate surface area is 83.8 Å². The molecule has 0 saturated heterocycles. The molecule has 1 aromatic rings. The van der Waals surface area contributed by atoms with E-state index in [9.17, 15) is 0 Å². The van der Waals surface area contributed by atoms with Crippen molar-refractivity contribution in [2.45, 2.75) is 19.8 Å². The van der Waals surface area contributed by atoms with Gasteiger partial charge in [0, 0.05) is 0 Å². The van der Waals surface area contributed by atoms with Crippen LogP contribution in [0.1, 0.15) is 25.5 Å². The fraction of sp³-hybridized carbons (Fsp3) is 0.400. The summed E-state index contributed by atoms with van der Waals surface area (Å²) in [6.07, 6.45) is 5.18. The lowest BCUT2D eigenvalue weighted by Crippen LogP contribution is -1.99. The van der Waals surface area contributed by atoms with Crippen molar-refractivity contribution in [3.05, 3.63) is 24.7 Å². The SMILES string of the molecule is C=C(OCCCC)c1cncc(N)n1. The zero-order valence-electron chi connectivity index (χ0n) is 8.36. The van der Waals surface area contributed by atoms with Gasteiger partial charge in [0.05, 0.1) is 19.0 Å². The third kappa shape index (κ3) is 3.05. The highest BCUT2D eigenvalue weighted by Crippen LogP contribution is 2.11. The van der Waals surface area contributed by atoms with Crippen molar-refractivity contribution in [1.82, 2.24) is 9.97 Å². The number of unbranched alkanes of at least 4 members (excludes halogenated alkanes) is 1. The monoisotopic (exact) mass is 193 g/mol. The Morgan fingerprint density at radius 1 is 1.57 bits per heavy atom. The van der Waals surface area contributed by atoms with E-state index in [0.29, 0.717) is 23.9 Å². The molecule has 76 valence electrons. The maximum atomic E-state index is 5.48. The number of nitrogen functional groups attached to an aromatic ring is 1. The molecule has 0 aliphatic heterocycles. The van der Waals surface area contributed by atoms with E-state index in [1.807, 2.05) is 0 Å². The van der Waals surface area contributed by atoms with Gasteiger partial charge in [-0.3, -0.25) is 4.98 Å². The second kappa shape index (κ2) is 5.21. The molecule has 1 aromatic heterocycles. The van der Waals surface area contributed by atoms with Gasteiger partial charge >= 0.3 is 0 Å². The zero-order chi connectivity index (χ0) is 10.4. The predicted octanol–water partition coefficient (Wildman–Crippen LogP) is 1.85. The van der Waals surface area contributed by atoms with E-state index in [0.717, 1.165) is 12.8 Å². The summed E-state index contributed by atoms with van der Waals surface area (Å²) in [5.41, 5.74) is 6.08. The maximum Gasteiger partial charge on any atom is 0.142 e. The van der Waals surface area contributed by atoms with Gasteiger partial charge in [0.15, 0.2) is 0 Å². The van der Waals surface area contributed by atoms with Crippen molar-refractivity contribution < 1.29 is 4.74 Å². The minimum absolute atomic E-state index is 0.378. The minimum Gasteiger partial charge on any atom is -0.492 e. The van der Waals surface area contributed by atoms with Gasteiger partial charge in [-0.05, 0) is 6.42 Å². The molecule has 0 radical (unpaired) electrons. The number of nitrogens with zero attached hydrogens (tertiary/aromatic N) is 2. The standard InChI is InChI=1S/C10H15N3O/c1-3-4-5-14-8(2)9-6-12-7-10(11)13-9/h6-7H,2-5H2,1H3,(H2,11,13). The summed E-state index contributed by atoms with van der Waals surface area (Å²) in [7, 11) is 0. The van der Waals surface area contributed by atoms with Crippen LogP contribution in [0.25, 0.3) is 5.76 Å². The summed E-state index contributed by atoms with van der Waals surface area (Å²) in [5, 5.41) is 0. The first kappa shape index (κ1) is 10.5. The lowest BCUT2D eigenvalue weighted by atomic mass is 10.3. The lowest BCUT2D eigenvalue weighted by molar-refractivity contribution is 0.270. The number of rotatable bonds is 5. The van der Waals surface area contributed by atoms with E-state index < -0.39 is 0 Å². The number of hydrogen-bond donors (Lipinski definition) is 1. The maximum absolute atomic E-state index is 5.48. The number of nitrogens with two attached hydrogens (primary N) is 1. The summed E-state index contributed by atoms with van der Waals surface area (Å²) in [4.78, 5) is 7.95. The molecule has 2 N–H and O–H groups in total. The summed E-state index contributed by atoms with van der Waals surface area (Å²) in [5.74, 6) is 0.904. The van der Waals surface area contributed by atoms with Crippen LogP contribution < -0.4 is 5.73 Å². The Balaban J connectivity index is 2.52. The van der Waals surface area contributed by atoms with Gasteiger partial charge in [-0.25, -0.2) is 4.98 Å². The van der Waals surface area contributed by atoms with Crippen molar-refractivity contribution in [2.24, 2.45) is 0 Å². The Morgan fingerprint density at radius 3 is 3.00 bits per heavy atom. The van der Waals surface area contributed by atoms with Gasteiger partial charge in [-0.2, -0.15) is 0 Å². The van der Waals surface area contributed by atoms with Crippen LogP contribution in [0.4, 0.5) is 5.82 Å². The second-order valence-corrected chi connectivity index (χ2v) is 2.95. The van der Waals surface area contributed by atoms with E-state index in [1.54, 1.807) is 6.20 Å². The van der Waals surface area contributed by atoms with Crippen LogP contribution in [-0.4, -0.2) is 16.6 Å². The van der Waals surface area contributed by atoms with Crippen LogP contribution in [0.15, 0.2) is 19.0 Å². The quantitative estimate of drug-likeness (QED) is 0.572. The molecule has 0 aliphatic rings. The van der Waals surface area contributed by atoms with Crippen LogP contribution in [0, 0.1) is 0 Å². The molecule has 0 spiro atoms. The molecule has 0 atom stereocenters. The topological polar surface area (TPSA) is 61.0 Å². The van der Waals surface area contributed by atoms with Gasteiger partial charge in [-0.15, -0.1) is 0 Å². The largest absolute Gasteiger partial charge is 0.492 e. The highest BCUT2D eigenvalue weighted by atomic mass is 16.5. The van der Waals surface area contributed by atoms with Crippen molar-refractivity contribution in [3.63, 3.8) is 0 Å². The first-order valence-corrected chi connectivity index (χ1v) is 4.63. The molecule has 0 saturated carbocycles. The zero-order valence-corrected chi connectivity index (χ0v) is 8.36. The van der Waals surface area contributed by atoms with Crippen LogP contribution in [0.2, 0.25) is 0 Å². The summed E-state index contributed by atoms with van der Waals surface area (Å²) in [6.45, 7) is 6.52. The van der Waals surface area contributed by atoms with Crippen molar-refractivity contribution in [1.29, 1.82) is 0 Å². The molecule has 14 heavy (non-hydrogen) atoms. The molecule has 0 bridgehead atoms. The van der Waals surface area contributed by atoms with Crippen LogP contribution >= 0.6 is 0 Å². The predicted molar refractivity (Wildman–Crippen MR) is 56.3 cm³/mol. The molecule has 0 amide bonds. The Hall–Kier alpha value is -1.58. The van der Waals surface area contributed by atoms with Crippen LogP contribution in [0.5, 0.6) is 0 Å². The fourth-order valence-electron chi connectivity index (χ4n) is 0.929. The Kier molecular flexibility index (Phi) is 3.91. The highest BCUT2D eigenvalue weighted by Gasteiger charge is 2.01. The first-order chi connectivity index (χ1) is 6.74. The van der Waals surface area contributed by atoms with E-state index in [4.69, 9.17) is 10.5 Å². The van der Waals surface area contributed by atoms with Crippen LogP contribution in [-0.2, 0) is 4.74 Å². The van der Waals surface area contributed by atoms with Gasteiger partial charge in [-0.1, -0.05) is 19.9 Å². The van der Waals surface area contributed by atoms with Gasteiger partial charge in [0.2, 0.25) is 0 Å². The van der Waals surface area contributed by atoms with Crippen molar-refractivity contribution >= 4 is 11.6 Å². The summed E-state index contributed by atoms with van der Waals surface area (Å²) >= 11 is 0. The molecule has 4 heteroatoms. The molecule has 0 aliphatic carbocycles. The van der Waals surface area contributed by atoms with E-state index >= 15 is 0 Å². The molecule has 0 aromatic carbocycles. The Bertz CT molecular complexity index is 312. The fourth-order valence-corrected chi connectivity index (χ4v) is 0.929. The number of hydrogen-bond acceptors (Lipinski definition) is 4. The van der Waals surface area contributed by atoms with Crippen LogP contribution in [0.3, 0.4) is 0 Å². The average Bonchev–Trinajstić information content (AvgIpc) is 2.18. The molecule has 1 rings (SSSR count). The average molecular weight is 193 g/mol. The molecule has 4 nitrogen and oxygen atoms in total.